The van der Waals surface area contributed by atoms with Gasteiger partial charge in [-0.3, -0.25) is 19.3 Å². The Morgan fingerprint density at radius 2 is 1.63 bits per heavy atom. The van der Waals surface area contributed by atoms with Crippen molar-refractivity contribution in [3.63, 3.8) is 0 Å². The molecule has 1 unspecified atom stereocenters. The average Bonchev–Trinajstić information content (AvgIpc) is 3.00. The lowest BCUT2D eigenvalue weighted by Gasteiger charge is -2.44. The lowest BCUT2D eigenvalue weighted by atomic mass is 9.69. The molecule has 3 atom stereocenters. The monoisotopic (exact) mass is 586 g/mol. The third kappa shape index (κ3) is 7.06. The van der Waals surface area contributed by atoms with Crippen LogP contribution in [0.3, 0.4) is 0 Å². The molecule has 4 rings (SSSR count). The first-order valence-electron chi connectivity index (χ1n) is 14.6. The predicted octanol–water partition coefficient (Wildman–Crippen LogP) is 3.67. The molecule has 0 spiro atoms. The Bertz CT molecular complexity index is 1370. The lowest BCUT2D eigenvalue weighted by molar-refractivity contribution is -0.134. The number of aliphatic hydroxyl groups excluding tert-OH is 1. The largest absolute Gasteiger partial charge is 0.496 e. The molecule has 3 N–H and O–H groups in total. The van der Waals surface area contributed by atoms with E-state index in [1.807, 2.05) is 60.7 Å². The van der Waals surface area contributed by atoms with Crippen LogP contribution in [0, 0.1) is 0 Å². The molecule has 3 aromatic carbocycles. The smallest absolute Gasteiger partial charge is 0.255 e. The van der Waals surface area contributed by atoms with Gasteiger partial charge in [0.05, 0.1) is 24.8 Å². The number of rotatable bonds is 10. The van der Waals surface area contributed by atoms with Crippen LogP contribution >= 0.6 is 0 Å². The van der Waals surface area contributed by atoms with Crippen molar-refractivity contribution in [1.29, 1.82) is 0 Å². The minimum Gasteiger partial charge on any atom is -0.496 e. The van der Waals surface area contributed by atoms with Crippen molar-refractivity contribution < 1.29 is 24.2 Å². The van der Waals surface area contributed by atoms with Gasteiger partial charge in [0.1, 0.15) is 11.2 Å². The maximum absolute atomic E-state index is 14.1. The number of carbonyl (C=O) groups excluding carboxylic acids is 3. The highest BCUT2D eigenvalue weighted by molar-refractivity contribution is 5.98. The Labute approximate surface area is 253 Å². The molecular formula is C34H42N4O5. The number of nitrogens with one attached hydrogen (secondary N) is 2. The van der Waals surface area contributed by atoms with Crippen molar-refractivity contribution in [2.45, 2.75) is 50.3 Å². The second-order valence-electron chi connectivity index (χ2n) is 11.4. The van der Waals surface area contributed by atoms with E-state index in [0.29, 0.717) is 42.9 Å². The molecule has 0 radical (unpaired) electrons. The quantitative estimate of drug-likeness (QED) is 0.334. The summed E-state index contributed by atoms with van der Waals surface area (Å²) < 4.78 is 5.39. The summed E-state index contributed by atoms with van der Waals surface area (Å²) in [5.41, 5.74) is 1.78. The molecule has 9 heteroatoms. The van der Waals surface area contributed by atoms with Crippen LogP contribution in [0.4, 0.5) is 5.69 Å². The SMILES string of the molecule is COc1cc(NC(C)=O)ccc1C(=O)N[C@H]1CCN(C(C)CC(C(=O)N(C)C)(c2ccccc2)c2ccccc2)C[C@@H]1O. The second kappa shape index (κ2) is 13.8. The fourth-order valence-electron chi connectivity index (χ4n) is 6.07. The summed E-state index contributed by atoms with van der Waals surface area (Å²) in [6.07, 6.45) is 0.242. The fourth-order valence-corrected chi connectivity index (χ4v) is 6.07. The molecule has 1 fully saturated rings. The molecule has 1 aliphatic heterocycles. The van der Waals surface area contributed by atoms with Gasteiger partial charge in [-0.2, -0.15) is 0 Å². The second-order valence-corrected chi connectivity index (χ2v) is 11.4. The Morgan fingerprint density at radius 3 is 2.14 bits per heavy atom. The van der Waals surface area contributed by atoms with Crippen LogP contribution in [0.2, 0.25) is 0 Å². The number of hydrogen-bond acceptors (Lipinski definition) is 6. The van der Waals surface area contributed by atoms with Crippen molar-refractivity contribution >= 4 is 23.4 Å². The molecule has 1 aliphatic rings. The van der Waals surface area contributed by atoms with Gasteiger partial charge in [-0.1, -0.05) is 60.7 Å². The first-order chi connectivity index (χ1) is 20.6. The molecule has 0 aromatic heterocycles. The van der Waals surface area contributed by atoms with E-state index in [9.17, 15) is 19.5 Å². The summed E-state index contributed by atoms with van der Waals surface area (Å²) in [5.74, 6) is -0.259. The topological polar surface area (TPSA) is 111 Å². The summed E-state index contributed by atoms with van der Waals surface area (Å²) in [5, 5.41) is 16.8. The normalized spacial score (nSPS) is 17.9. The van der Waals surface area contributed by atoms with Crippen LogP contribution in [0.15, 0.2) is 78.9 Å². The number of β-amino-alcohol motifs (C(OH)–C–C–N with tert-alkyl or cyclic N) is 1. The number of carbonyl (C=O) groups is 3. The number of likely N-dealkylation sites (N-methyl/N-ethyl adjacent to an activating group) is 1. The van der Waals surface area contributed by atoms with E-state index < -0.39 is 17.6 Å². The maximum Gasteiger partial charge on any atom is 0.255 e. The van der Waals surface area contributed by atoms with Crippen molar-refractivity contribution in [3.05, 3.63) is 95.6 Å². The molecule has 9 nitrogen and oxygen atoms in total. The summed E-state index contributed by atoms with van der Waals surface area (Å²) >= 11 is 0. The zero-order valence-electron chi connectivity index (χ0n) is 25.5. The van der Waals surface area contributed by atoms with E-state index in [1.54, 1.807) is 37.2 Å². The molecule has 3 amide bonds. The van der Waals surface area contributed by atoms with Crippen molar-refractivity contribution in [2.24, 2.45) is 0 Å². The molecule has 0 aliphatic carbocycles. The van der Waals surface area contributed by atoms with E-state index in [1.165, 1.54) is 14.0 Å². The standard InChI is InChI=1S/C34H42N4O5/c1-23(21-34(33(42)37(3)4,25-12-8-6-9-13-25)26-14-10-7-11-15-26)38-19-18-29(30(40)22-38)36-32(41)28-17-16-27(35-24(2)39)20-31(28)43-5/h6-17,20,23,29-30,40H,18-19,21-22H2,1-5H3,(H,35,39)(H,36,41)/t23?,29-,30-/m0/s1. The van der Waals surface area contributed by atoms with Gasteiger partial charge in [-0.15, -0.1) is 0 Å². The molecule has 228 valence electrons. The van der Waals surface area contributed by atoms with Gasteiger partial charge in [-0.05, 0) is 43.0 Å². The average molecular weight is 587 g/mol. The first-order valence-corrected chi connectivity index (χ1v) is 14.6. The minimum atomic E-state index is -0.915. The van der Waals surface area contributed by atoms with Gasteiger partial charge in [0.25, 0.3) is 5.91 Å². The van der Waals surface area contributed by atoms with Gasteiger partial charge in [0.2, 0.25) is 11.8 Å². The Hall–Kier alpha value is -4.21. The van der Waals surface area contributed by atoms with Gasteiger partial charge in [-0.25, -0.2) is 0 Å². The Morgan fingerprint density at radius 1 is 1.02 bits per heavy atom. The summed E-state index contributed by atoms with van der Waals surface area (Å²) in [7, 11) is 5.03. The molecule has 1 heterocycles. The van der Waals surface area contributed by atoms with Crippen LogP contribution < -0.4 is 15.4 Å². The predicted molar refractivity (Wildman–Crippen MR) is 167 cm³/mol. The number of methoxy groups -OCH3 is 1. The number of anilines is 1. The molecule has 0 bridgehead atoms. The van der Waals surface area contributed by atoms with E-state index in [2.05, 4.69) is 22.5 Å². The number of ether oxygens (including phenoxy) is 1. The number of aliphatic hydroxyl groups is 1. The summed E-state index contributed by atoms with van der Waals surface area (Å²) in [6.45, 7) is 4.49. The molecule has 1 saturated heterocycles. The highest BCUT2D eigenvalue weighted by Gasteiger charge is 2.45. The number of piperidine rings is 1. The molecule has 43 heavy (non-hydrogen) atoms. The zero-order chi connectivity index (χ0) is 31.1. The van der Waals surface area contributed by atoms with Crippen LogP contribution in [-0.4, -0.2) is 85.1 Å². The van der Waals surface area contributed by atoms with Gasteiger partial charge >= 0.3 is 0 Å². The van der Waals surface area contributed by atoms with Crippen molar-refractivity contribution in [3.8, 4) is 5.75 Å². The number of benzene rings is 3. The van der Waals surface area contributed by atoms with E-state index in [0.717, 1.165) is 11.1 Å². The molecule has 0 saturated carbocycles. The number of likely N-dealkylation sites (tertiary alicyclic amines) is 1. The van der Waals surface area contributed by atoms with Crippen molar-refractivity contribution in [1.82, 2.24) is 15.1 Å². The van der Waals surface area contributed by atoms with E-state index in [-0.39, 0.29) is 23.8 Å². The van der Waals surface area contributed by atoms with Gasteiger partial charge < -0.3 is 25.4 Å². The third-order valence-corrected chi connectivity index (χ3v) is 8.23. The Balaban J connectivity index is 1.51. The third-order valence-electron chi connectivity index (χ3n) is 8.23. The van der Waals surface area contributed by atoms with Crippen LogP contribution in [-0.2, 0) is 15.0 Å². The Kier molecular flexibility index (Phi) is 10.2. The first kappa shape index (κ1) is 31.7. The highest BCUT2D eigenvalue weighted by Crippen LogP contribution is 2.40. The van der Waals surface area contributed by atoms with E-state index >= 15 is 0 Å². The number of hydrogen-bond donors (Lipinski definition) is 3. The lowest BCUT2D eigenvalue weighted by Crippen LogP contribution is -2.57. The van der Waals surface area contributed by atoms with Crippen LogP contribution in [0.5, 0.6) is 5.75 Å². The van der Waals surface area contributed by atoms with E-state index in [4.69, 9.17) is 4.74 Å². The zero-order valence-corrected chi connectivity index (χ0v) is 25.5. The van der Waals surface area contributed by atoms with Crippen LogP contribution in [0.25, 0.3) is 0 Å². The van der Waals surface area contributed by atoms with Crippen LogP contribution in [0.1, 0.15) is 48.2 Å². The maximum atomic E-state index is 14.1. The molecule has 3 aromatic rings. The fraction of sp³-hybridized carbons (Fsp3) is 0.382. The highest BCUT2D eigenvalue weighted by atomic mass is 16.5. The summed E-state index contributed by atoms with van der Waals surface area (Å²) in [4.78, 5) is 42.5. The number of amides is 3. The van der Waals surface area contributed by atoms with Gasteiger partial charge in [0.15, 0.2) is 0 Å². The van der Waals surface area contributed by atoms with Crippen molar-refractivity contribution in [2.75, 3.05) is 39.6 Å². The minimum absolute atomic E-state index is 0.00193. The summed E-state index contributed by atoms with van der Waals surface area (Å²) in [6, 6.07) is 24.1. The van der Waals surface area contributed by atoms with Gasteiger partial charge in [0, 0.05) is 51.9 Å². The molecular weight excluding hydrogens is 544 g/mol. The number of nitrogens with zero attached hydrogens (tertiary/aromatic N) is 2.